The van der Waals surface area contributed by atoms with Crippen molar-refractivity contribution >= 4 is 35.1 Å². The first-order chi connectivity index (χ1) is 31.0. The third kappa shape index (κ3) is 41.2. The lowest BCUT2D eigenvalue weighted by molar-refractivity contribution is -0.137. The number of aliphatic carboxylic acids is 1. The van der Waals surface area contributed by atoms with Gasteiger partial charge in [-0.05, 0) is 45.4 Å². The lowest BCUT2D eigenvalue weighted by Crippen LogP contribution is -2.33. The third-order valence-corrected chi connectivity index (χ3v) is 10.6. The molecule has 0 fully saturated rings. The van der Waals surface area contributed by atoms with Crippen LogP contribution in [0.1, 0.15) is 174 Å². The number of carbonyl (C=O) groups is 6. The maximum absolute atomic E-state index is 12.4. The molecule has 64 heavy (non-hydrogen) atoms. The summed E-state index contributed by atoms with van der Waals surface area (Å²) in [5.41, 5.74) is 6.81. The molecule has 0 unspecified atom stereocenters. The number of hydrogen-bond acceptors (Lipinski definition) is 12. The van der Waals surface area contributed by atoms with Crippen molar-refractivity contribution in [1.29, 1.82) is 0 Å². The summed E-state index contributed by atoms with van der Waals surface area (Å²) in [5, 5.41) is 13.8. The lowest BCUT2D eigenvalue weighted by atomic mass is 9.90. The minimum absolute atomic E-state index is 0.0502. The Labute approximate surface area is 384 Å². The number of ether oxygens (including phenoxy) is 4. The highest BCUT2D eigenvalue weighted by molar-refractivity contribution is 5.85. The summed E-state index contributed by atoms with van der Waals surface area (Å²) in [7, 11) is 0. The van der Waals surface area contributed by atoms with Gasteiger partial charge in [0.25, 0.3) is 0 Å². The van der Waals surface area contributed by atoms with E-state index in [1.807, 2.05) is 0 Å². The summed E-state index contributed by atoms with van der Waals surface area (Å²) in [6, 6.07) is -0.627. The van der Waals surface area contributed by atoms with Crippen molar-refractivity contribution in [3.05, 3.63) is 18.2 Å². The number of amides is 2. The Kier molecular flexibility index (Phi) is 42.1. The van der Waals surface area contributed by atoms with Gasteiger partial charge in [-0.1, -0.05) is 97.3 Å². The molecule has 0 aromatic carbocycles. The molecule has 1 heterocycles. The molecule has 0 aliphatic heterocycles. The van der Waals surface area contributed by atoms with Crippen LogP contribution in [0.15, 0.2) is 12.5 Å². The van der Waals surface area contributed by atoms with E-state index in [-0.39, 0.29) is 62.1 Å². The molecule has 2 amide bonds. The molecule has 0 bridgehead atoms. The van der Waals surface area contributed by atoms with Crippen molar-refractivity contribution < 1.29 is 52.8 Å². The Hall–Kier alpha value is -3.57. The summed E-state index contributed by atoms with van der Waals surface area (Å²) in [6.07, 6.45) is 25.4. The first-order valence-electron chi connectivity index (χ1n) is 24.3. The van der Waals surface area contributed by atoms with Crippen LogP contribution >= 0.6 is 0 Å². The van der Waals surface area contributed by atoms with Crippen molar-refractivity contribution in [2.45, 2.75) is 181 Å². The average Bonchev–Trinajstić information content (AvgIpc) is 3.78. The van der Waals surface area contributed by atoms with Crippen LogP contribution in [0.25, 0.3) is 0 Å². The number of H-pyrrole nitrogens is 1. The molecule has 0 aliphatic rings. The van der Waals surface area contributed by atoms with Crippen LogP contribution in [0.5, 0.6) is 0 Å². The smallest absolute Gasteiger partial charge is 0.303 e. The normalized spacial score (nSPS) is 11.9. The molecule has 0 saturated heterocycles. The molecule has 2 atom stereocenters. The number of imidazole rings is 1. The van der Waals surface area contributed by atoms with E-state index in [0.717, 1.165) is 37.8 Å². The number of aromatic nitrogens is 2. The number of ketones is 3. The second-order valence-electron chi connectivity index (χ2n) is 16.5. The van der Waals surface area contributed by atoms with Gasteiger partial charge in [0, 0.05) is 69.6 Å². The molecule has 1 rings (SSSR count). The number of rotatable bonds is 45. The lowest BCUT2D eigenvalue weighted by Gasteiger charge is -2.15. The van der Waals surface area contributed by atoms with Crippen LogP contribution in [-0.2, 0) is 54.1 Å². The van der Waals surface area contributed by atoms with Gasteiger partial charge >= 0.3 is 5.97 Å². The molecule has 370 valence electrons. The summed E-state index contributed by atoms with van der Waals surface area (Å²) in [4.78, 5) is 77.3. The standard InChI is InChI=1S/C40H71N5O9.C8H16O2/c1-3-4-5-6-7-8-9-10-11-16-36(47)17-14-22-51-24-26-53-31-40(50)44-21-23-52-25-27-54-30-39(49)43-20-13-12-15-34(33(2)46)18-19-38(48)37(41)28-35-29-42-32-45-35;1-2-3-4-5-6-7-8(9)10/h29,32,34,37H,3-28,30-31,41H2,1-2H3,(H,42,45)(H,43,49)(H,44,50);2-7H2,1H3,(H,9,10)/t34-,37+;/m1./s1. The Balaban J connectivity index is 0.00000351. The Bertz CT molecular complexity index is 1310. The maximum atomic E-state index is 12.4. The van der Waals surface area contributed by atoms with Crippen LogP contribution in [-0.4, -0.2) is 122 Å². The minimum atomic E-state index is -0.670. The van der Waals surface area contributed by atoms with Crippen LogP contribution in [0.2, 0.25) is 0 Å². The van der Waals surface area contributed by atoms with Gasteiger partial charge in [-0.2, -0.15) is 0 Å². The molecule has 1 aromatic rings. The van der Waals surface area contributed by atoms with Gasteiger partial charge in [0.2, 0.25) is 11.8 Å². The molecule has 16 nitrogen and oxygen atoms in total. The fourth-order valence-electron chi connectivity index (χ4n) is 6.69. The van der Waals surface area contributed by atoms with E-state index in [1.165, 1.54) is 64.2 Å². The largest absolute Gasteiger partial charge is 0.481 e. The van der Waals surface area contributed by atoms with E-state index in [4.69, 9.17) is 29.8 Å². The monoisotopic (exact) mass is 910 g/mol. The van der Waals surface area contributed by atoms with Gasteiger partial charge < -0.3 is 45.4 Å². The van der Waals surface area contributed by atoms with Crippen molar-refractivity contribution in [3.8, 4) is 0 Å². The second-order valence-corrected chi connectivity index (χ2v) is 16.5. The van der Waals surface area contributed by atoms with Crippen LogP contribution in [0.4, 0.5) is 0 Å². The Morgan fingerprint density at radius 1 is 0.625 bits per heavy atom. The first kappa shape index (κ1) is 60.4. The van der Waals surface area contributed by atoms with E-state index < -0.39 is 12.0 Å². The van der Waals surface area contributed by atoms with Crippen LogP contribution in [0, 0.1) is 5.92 Å². The van der Waals surface area contributed by atoms with Gasteiger partial charge in [0.1, 0.15) is 30.6 Å². The molecule has 16 heteroatoms. The molecular formula is C48H87N5O11. The number of carbonyl (C=O) groups excluding carboxylic acids is 5. The first-order valence-corrected chi connectivity index (χ1v) is 24.3. The van der Waals surface area contributed by atoms with E-state index in [9.17, 15) is 28.8 Å². The number of nitrogens with two attached hydrogens (primary N) is 1. The Morgan fingerprint density at radius 3 is 1.72 bits per heavy atom. The van der Waals surface area contributed by atoms with Crippen LogP contribution in [0.3, 0.4) is 0 Å². The molecule has 0 spiro atoms. The van der Waals surface area contributed by atoms with Gasteiger partial charge in [0.15, 0.2) is 0 Å². The quantitative estimate of drug-likeness (QED) is 0.0415. The van der Waals surface area contributed by atoms with E-state index in [1.54, 1.807) is 19.4 Å². The van der Waals surface area contributed by atoms with Gasteiger partial charge in [-0.3, -0.25) is 28.8 Å². The van der Waals surface area contributed by atoms with Crippen molar-refractivity contribution in [2.75, 3.05) is 65.9 Å². The zero-order valence-corrected chi connectivity index (χ0v) is 39.9. The topological polar surface area (TPSA) is 238 Å². The number of carboxylic acids is 1. The fourth-order valence-corrected chi connectivity index (χ4v) is 6.69. The van der Waals surface area contributed by atoms with E-state index in [0.29, 0.717) is 96.7 Å². The molecule has 6 N–H and O–H groups in total. The molecular weight excluding hydrogens is 823 g/mol. The number of carboxylic acid groups (broad SMARTS) is 1. The number of aromatic amines is 1. The highest BCUT2D eigenvalue weighted by Gasteiger charge is 2.20. The van der Waals surface area contributed by atoms with E-state index in [2.05, 4.69) is 34.4 Å². The van der Waals surface area contributed by atoms with Gasteiger partial charge in [0.05, 0.1) is 45.4 Å². The highest BCUT2D eigenvalue weighted by atomic mass is 16.5. The van der Waals surface area contributed by atoms with Crippen molar-refractivity contribution in [2.24, 2.45) is 11.7 Å². The van der Waals surface area contributed by atoms with Crippen molar-refractivity contribution in [3.63, 3.8) is 0 Å². The van der Waals surface area contributed by atoms with Crippen LogP contribution < -0.4 is 16.4 Å². The third-order valence-electron chi connectivity index (χ3n) is 10.6. The predicted molar refractivity (Wildman–Crippen MR) is 249 cm³/mol. The minimum Gasteiger partial charge on any atom is -0.481 e. The van der Waals surface area contributed by atoms with Gasteiger partial charge in [-0.15, -0.1) is 0 Å². The number of nitrogens with zero attached hydrogens (tertiary/aromatic N) is 1. The molecule has 0 radical (unpaired) electrons. The zero-order valence-electron chi connectivity index (χ0n) is 39.9. The number of hydrogen-bond donors (Lipinski definition) is 5. The molecule has 1 aromatic heterocycles. The summed E-state index contributed by atoms with van der Waals surface area (Å²) >= 11 is 0. The van der Waals surface area contributed by atoms with Crippen molar-refractivity contribution in [1.82, 2.24) is 20.6 Å². The second kappa shape index (κ2) is 44.6. The molecule has 0 aliphatic carbocycles. The fraction of sp³-hybridized carbons (Fsp3) is 0.812. The maximum Gasteiger partial charge on any atom is 0.303 e. The molecule has 0 saturated carbocycles. The Morgan fingerprint density at radius 2 is 1.16 bits per heavy atom. The zero-order chi connectivity index (χ0) is 47.3. The number of unbranched alkanes of at least 4 members (excludes halogenated alkanes) is 13. The highest BCUT2D eigenvalue weighted by Crippen LogP contribution is 2.17. The summed E-state index contributed by atoms with van der Waals surface area (Å²) < 4.78 is 21.6. The predicted octanol–water partition coefficient (Wildman–Crippen LogP) is 7.00. The number of Topliss-reactive ketones (excluding diaryl/α,β-unsaturated/α-hetero) is 3. The van der Waals surface area contributed by atoms with E-state index >= 15 is 0 Å². The number of nitrogens with one attached hydrogen (secondary N) is 3. The van der Waals surface area contributed by atoms with Gasteiger partial charge in [-0.25, -0.2) is 4.98 Å². The summed E-state index contributed by atoms with van der Waals surface area (Å²) in [6.45, 7) is 8.56. The average molecular weight is 910 g/mol. The summed E-state index contributed by atoms with van der Waals surface area (Å²) in [5.74, 6) is -1.08. The SMILES string of the molecule is CCCCCCCC(=O)O.CCCCCCCCCCCC(=O)CCCOCCOCC(=O)NCCOCCOCC(=O)NCCCC[C@H](CCC(=O)[C@@H](N)Cc1cnc[nH]1)C(C)=O.